The number of carbonyl (C=O) groups excluding carboxylic acids is 2. The molecule has 3 heteroatoms. The van der Waals surface area contributed by atoms with Gasteiger partial charge in [-0.05, 0) is 12.8 Å². The molecular weight excluding hydrogens is 204 g/mol. The highest BCUT2D eigenvalue weighted by molar-refractivity contribution is 5.87. The molecule has 0 saturated heterocycles. The number of Topliss-reactive ketones (excluding diaryl/α,β-unsaturated/α-hetero) is 1. The maximum atomic E-state index is 11.7. The number of esters is 1. The number of ether oxygens (including phenoxy) is 1. The van der Waals surface area contributed by atoms with E-state index in [0.29, 0.717) is 19.3 Å². The standard InChI is InChI=1S/C13H20O3/c1-4-6-9(3)13-10(14)7-8-11(13)16-12(15)5-2/h11,13H,3-8H2,1-2H3. The first kappa shape index (κ1) is 12.9. The molecular formula is C13H20O3. The summed E-state index contributed by atoms with van der Waals surface area (Å²) in [6.45, 7) is 7.76. The lowest BCUT2D eigenvalue weighted by Crippen LogP contribution is -2.26. The van der Waals surface area contributed by atoms with E-state index in [9.17, 15) is 9.59 Å². The minimum atomic E-state index is -0.265. The average Bonchev–Trinajstić information content (AvgIpc) is 2.60. The Hall–Kier alpha value is -1.12. The van der Waals surface area contributed by atoms with E-state index in [1.807, 2.05) is 0 Å². The highest BCUT2D eigenvalue weighted by atomic mass is 16.5. The van der Waals surface area contributed by atoms with Crippen LogP contribution < -0.4 is 0 Å². The van der Waals surface area contributed by atoms with Crippen LogP contribution in [0.1, 0.15) is 46.0 Å². The van der Waals surface area contributed by atoms with Crippen molar-refractivity contribution in [2.24, 2.45) is 5.92 Å². The van der Waals surface area contributed by atoms with Crippen molar-refractivity contribution in [3.05, 3.63) is 12.2 Å². The van der Waals surface area contributed by atoms with Crippen LogP contribution in [0.5, 0.6) is 0 Å². The summed E-state index contributed by atoms with van der Waals surface area (Å²) in [5.41, 5.74) is 0.916. The monoisotopic (exact) mass is 224 g/mol. The van der Waals surface area contributed by atoms with E-state index in [-0.39, 0.29) is 23.8 Å². The van der Waals surface area contributed by atoms with Crippen LogP contribution in [0.4, 0.5) is 0 Å². The predicted molar refractivity (Wildman–Crippen MR) is 62.0 cm³/mol. The van der Waals surface area contributed by atoms with E-state index in [1.165, 1.54) is 0 Å². The summed E-state index contributed by atoms with van der Waals surface area (Å²) < 4.78 is 5.29. The Morgan fingerprint density at radius 1 is 1.50 bits per heavy atom. The smallest absolute Gasteiger partial charge is 0.305 e. The zero-order chi connectivity index (χ0) is 12.1. The van der Waals surface area contributed by atoms with Crippen molar-refractivity contribution in [3.8, 4) is 0 Å². The second kappa shape index (κ2) is 5.83. The van der Waals surface area contributed by atoms with Gasteiger partial charge in [0.25, 0.3) is 0 Å². The van der Waals surface area contributed by atoms with Crippen LogP contribution in [0.25, 0.3) is 0 Å². The second-order valence-corrected chi connectivity index (χ2v) is 4.27. The van der Waals surface area contributed by atoms with Crippen molar-refractivity contribution in [3.63, 3.8) is 0 Å². The quantitative estimate of drug-likeness (QED) is 0.532. The fraction of sp³-hybridized carbons (Fsp3) is 0.692. The third-order valence-electron chi connectivity index (χ3n) is 2.98. The Kier molecular flexibility index (Phi) is 4.71. The summed E-state index contributed by atoms with van der Waals surface area (Å²) in [4.78, 5) is 23.0. The Balaban J connectivity index is 2.66. The number of ketones is 1. The third-order valence-corrected chi connectivity index (χ3v) is 2.98. The largest absolute Gasteiger partial charge is 0.461 e. The van der Waals surface area contributed by atoms with Gasteiger partial charge in [-0.3, -0.25) is 9.59 Å². The molecule has 1 fully saturated rings. The fourth-order valence-corrected chi connectivity index (χ4v) is 2.16. The molecule has 2 unspecified atom stereocenters. The Morgan fingerprint density at radius 3 is 2.75 bits per heavy atom. The molecule has 0 radical (unpaired) electrons. The van der Waals surface area contributed by atoms with E-state index < -0.39 is 0 Å². The number of hydrogen-bond acceptors (Lipinski definition) is 3. The molecule has 0 bridgehead atoms. The average molecular weight is 224 g/mol. The van der Waals surface area contributed by atoms with Crippen LogP contribution in [-0.4, -0.2) is 17.9 Å². The maximum absolute atomic E-state index is 11.7. The first-order valence-corrected chi connectivity index (χ1v) is 6.00. The molecule has 0 amide bonds. The molecule has 0 spiro atoms. The molecule has 16 heavy (non-hydrogen) atoms. The molecule has 0 N–H and O–H groups in total. The molecule has 1 aliphatic carbocycles. The van der Waals surface area contributed by atoms with E-state index in [2.05, 4.69) is 13.5 Å². The van der Waals surface area contributed by atoms with Gasteiger partial charge in [-0.1, -0.05) is 32.4 Å². The van der Waals surface area contributed by atoms with E-state index >= 15 is 0 Å². The molecule has 1 saturated carbocycles. The van der Waals surface area contributed by atoms with Crippen LogP contribution in [-0.2, 0) is 14.3 Å². The van der Waals surface area contributed by atoms with E-state index in [1.54, 1.807) is 6.92 Å². The molecule has 0 aromatic heterocycles. The first-order chi connectivity index (χ1) is 7.60. The van der Waals surface area contributed by atoms with E-state index in [4.69, 9.17) is 4.74 Å². The Morgan fingerprint density at radius 2 is 2.19 bits per heavy atom. The van der Waals surface area contributed by atoms with Crippen molar-refractivity contribution < 1.29 is 14.3 Å². The van der Waals surface area contributed by atoms with Crippen molar-refractivity contribution in [2.45, 2.75) is 52.1 Å². The molecule has 3 nitrogen and oxygen atoms in total. The molecule has 0 aliphatic heterocycles. The lowest BCUT2D eigenvalue weighted by atomic mass is 9.92. The van der Waals surface area contributed by atoms with Crippen LogP contribution in [0.3, 0.4) is 0 Å². The Labute approximate surface area is 96.9 Å². The summed E-state index contributed by atoms with van der Waals surface area (Å²) in [6, 6.07) is 0. The second-order valence-electron chi connectivity index (χ2n) is 4.27. The van der Waals surface area contributed by atoms with Gasteiger partial charge in [-0.25, -0.2) is 0 Å². The first-order valence-electron chi connectivity index (χ1n) is 6.00. The third kappa shape index (κ3) is 2.94. The molecule has 90 valence electrons. The molecule has 0 aromatic carbocycles. The zero-order valence-corrected chi connectivity index (χ0v) is 10.1. The molecule has 0 aromatic rings. The van der Waals surface area contributed by atoms with Crippen molar-refractivity contribution in [2.75, 3.05) is 0 Å². The van der Waals surface area contributed by atoms with Crippen molar-refractivity contribution in [1.82, 2.24) is 0 Å². The SMILES string of the molecule is C=C(CCC)C1C(=O)CCC1OC(=O)CC. The van der Waals surface area contributed by atoms with Gasteiger partial charge in [0.1, 0.15) is 11.9 Å². The molecule has 1 rings (SSSR count). The van der Waals surface area contributed by atoms with Gasteiger partial charge in [-0.15, -0.1) is 0 Å². The lowest BCUT2D eigenvalue weighted by molar-refractivity contribution is -0.150. The fourth-order valence-electron chi connectivity index (χ4n) is 2.16. The minimum absolute atomic E-state index is 0.173. The summed E-state index contributed by atoms with van der Waals surface area (Å²) >= 11 is 0. The van der Waals surface area contributed by atoms with Gasteiger partial charge in [0.15, 0.2) is 0 Å². The molecule has 2 atom stereocenters. The topological polar surface area (TPSA) is 43.4 Å². The van der Waals surface area contributed by atoms with Crippen molar-refractivity contribution in [1.29, 1.82) is 0 Å². The van der Waals surface area contributed by atoms with Crippen LogP contribution in [0.2, 0.25) is 0 Å². The highest BCUT2D eigenvalue weighted by Gasteiger charge is 2.38. The van der Waals surface area contributed by atoms with Gasteiger partial charge < -0.3 is 4.74 Å². The van der Waals surface area contributed by atoms with Crippen LogP contribution in [0.15, 0.2) is 12.2 Å². The zero-order valence-electron chi connectivity index (χ0n) is 10.1. The van der Waals surface area contributed by atoms with Crippen molar-refractivity contribution >= 4 is 11.8 Å². The highest BCUT2D eigenvalue weighted by Crippen LogP contribution is 2.32. The van der Waals surface area contributed by atoms with Gasteiger partial charge in [0.2, 0.25) is 0 Å². The normalized spacial score (nSPS) is 24.5. The van der Waals surface area contributed by atoms with Crippen LogP contribution in [0, 0.1) is 5.92 Å². The summed E-state index contributed by atoms with van der Waals surface area (Å²) in [5, 5.41) is 0. The summed E-state index contributed by atoms with van der Waals surface area (Å²) in [6.07, 6.45) is 3.05. The molecule has 1 aliphatic rings. The number of hydrogen-bond donors (Lipinski definition) is 0. The van der Waals surface area contributed by atoms with Crippen LogP contribution >= 0.6 is 0 Å². The Bertz CT molecular complexity index is 294. The number of carbonyl (C=O) groups is 2. The van der Waals surface area contributed by atoms with Gasteiger partial charge in [0.05, 0.1) is 5.92 Å². The molecule has 0 heterocycles. The van der Waals surface area contributed by atoms with Gasteiger partial charge in [0, 0.05) is 12.8 Å². The maximum Gasteiger partial charge on any atom is 0.305 e. The van der Waals surface area contributed by atoms with E-state index in [0.717, 1.165) is 18.4 Å². The lowest BCUT2D eigenvalue weighted by Gasteiger charge is -2.20. The number of rotatable bonds is 5. The summed E-state index contributed by atoms with van der Waals surface area (Å²) in [7, 11) is 0. The van der Waals surface area contributed by atoms with Gasteiger partial charge in [-0.2, -0.15) is 0 Å². The summed E-state index contributed by atoms with van der Waals surface area (Å²) in [5.74, 6) is -0.309. The predicted octanol–water partition coefficient (Wildman–Crippen LogP) is 2.64. The van der Waals surface area contributed by atoms with Gasteiger partial charge >= 0.3 is 5.97 Å². The minimum Gasteiger partial charge on any atom is -0.461 e.